The number of likely N-dealkylation sites (N-methyl/N-ethyl adjacent to an activating group) is 1. The number of carbonyl (C=O) groups excluding carboxylic acids is 1. The average molecular weight is 447 g/mol. The zero-order valence-electron chi connectivity index (χ0n) is 17.7. The largest absolute Gasteiger partial charge is 0.367 e. The molecule has 9 heteroatoms. The van der Waals surface area contributed by atoms with Gasteiger partial charge in [0.25, 0.3) is 0 Å². The highest BCUT2D eigenvalue weighted by Gasteiger charge is 2.28. The molecule has 2 saturated heterocycles. The van der Waals surface area contributed by atoms with Crippen LogP contribution in [-0.4, -0.2) is 67.1 Å². The fourth-order valence-corrected chi connectivity index (χ4v) is 4.41. The van der Waals surface area contributed by atoms with Crippen molar-refractivity contribution in [3.05, 3.63) is 47.1 Å². The van der Waals surface area contributed by atoms with Crippen molar-refractivity contribution in [2.75, 3.05) is 56.1 Å². The van der Waals surface area contributed by atoms with Gasteiger partial charge in [-0.1, -0.05) is 17.7 Å². The van der Waals surface area contributed by atoms with Crippen LogP contribution in [0.15, 0.2) is 30.7 Å². The summed E-state index contributed by atoms with van der Waals surface area (Å²) in [7, 11) is 2.14. The Labute approximate surface area is 187 Å². The molecule has 0 spiro atoms. The van der Waals surface area contributed by atoms with Gasteiger partial charge in [-0.15, -0.1) is 0 Å². The first-order valence-corrected chi connectivity index (χ1v) is 11.1. The molecular formula is C22H28ClFN6O. The molecule has 0 radical (unpaired) electrons. The van der Waals surface area contributed by atoms with Gasteiger partial charge in [0.05, 0.1) is 11.9 Å². The minimum atomic E-state index is -0.381. The number of carbonyl (C=O) groups is 1. The van der Waals surface area contributed by atoms with Crippen LogP contribution < -0.4 is 15.1 Å². The summed E-state index contributed by atoms with van der Waals surface area (Å²) in [5, 5.41) is 3.28. The lowest BCUT2D eigenvalue weighted by Crippen LogP contribution is -2.46. The number of aromatic nitrogens is 2. The highest BCUT2D eigenvalue weighted by atomic mass is 35.5. The first-order valence-electron chi connectivity index (χ1n) is 10.7. The van der Waals surface area contributed by atoms with Gasteiger partial charge in [-0.3, -0.25) is 4.79 Å². The van der Waals surface area contributed by atoms with Crippen molar-refractivity contribution in [1.29, 1.82) is 0 Å². The molecule has 2 aliphatic rings. The summed E-state index contributed by atoms with van der Waals surface area (Å²) in [5.74, 6) is 0.570. The number of halogens is 2. The zero-order valence-corrected chi connectivity index (χ0v) is 18.5. The maximum absolute atomic E-state index is 13.2. The number of hydrogen-bond acceptors (Lipinski definition) is 6. The van der Waals surface area contributed by atoms with Crippen LogP contribution in [0.1, 0.15) is 18.4 Å². The van der Waals surface area contributed by atoms with Crippen molar-refractivity contribution < 1.29 is 9.18 Å². The molecule has 1 aromatic carbocycles. The SMILES string of the molecule is CN1CCN(c2ncncc2N2CCC(C(=O)NCc3ccc(F)cc3Cl)CC2)CC1. The van der Waals surface area contributed by atoms with Gasteiger partial charge >= 0.3 is 0 Å². The highest BCUT2D eigenvalue weighted by Crippen LogP contribution is 2.30. The Morgan fingerprint density at radius 1 is 1.16 bits per heavy atom. The molecule has 0 bridgehead atoms. The summed E-state index contributed by atoms with van der Waals surface area (Å²) >= 11 is 6.06. The molecule has 2 fully saturated rings. The summed E-state index contributed by atoms with van der Waals surface area (Å²) in [6, 6.07) is 4.23. The third-order valence-electron chi connectivity index (χ3n) is 6.15. The molecule has 1 aromatic heterocycles. The molecule has 7 nitrogen and oxygen atoms in total. The van der Waals surface area contributed by atoms with Crippen LogP contribution in [0.25, 0.3) is 0 Å². The first kappa shape index (κ1) is 21.8. The van der Waals surface area contributed by atoms with Gasteiger partial charge in [-0.25, -0.2) is 14.4 Å². The second-order valence-electron chi connectivity index (χ2n) is 8.24. The van der Waals surface area contributed by atoms with E-state index in [1.165, 1.54) is 12.1 Å². The summed E-state index contributed by atoms with van der Waals surface area (Å²) in [4.78, 5) is 28.4. The second-order valence-corrected chi connectivity index (χ2v) is 8.64. The van der Waals surface area contributed by atoms with Crippen LogP contribution in [0.4, 0.5) is 15.9 Å². The molecule has 0 atom stereocenters. The van der Waals surface area contributed by atoms with E-state index in [4.69, 9.17) is 11.6 Å². The van der Waals surface area contributed by atoms with Gasteiger partial charge < -0.3 is 20.0 Å². The number of hydrogen-bond donors (Lipinski definition) is 1. The highest BCUT2D eigenvalue weighted by molar-refractivity contribution is 6.31. The van der Waals surface area contributed by atoms with Crippen molar-refractivity contribution in [3.63, 3.8) is 0 Å². The van der Waals surface area contributed by atoms with Gasteiger partial charge in [0.1, 0.15) is 12.1 Å². The van der Waals surface area contributed by atoms with Crippen molar-refractivity contribution in [2.45, 2.75) is 19.4 Å². The van der Waals surface area contributed by atoms with Crippen LogP contribution in [-0.2, 0) is 11.3 Å². The summed E-state index contributed by atoms with van der Waals surface area (Å²) in [6.07, 6.45) is 5.02. The standard InChI is InChI=1S/C22H28ClFN6O/c1-28-8-10-30(11-9-28)21-20(14-25-15-27-21)29-6-4-16(5-7-29)22(31)26-13-17-2-3-18(24)12-19(17)23/h2-3,12,14-16H,4-11,13H2,1H3,(H,26,31). The van der Waals surface area contributed by atoms with E-state index in [9.17, 15) is 9.18 Å². The number of nitrogens with one attached hydrogen (secondary N) is 1. The smallest absolute Gasteiger partial charge is 0.223 e. The maximum atomic E-state index is 13.2. The van der Waals surface area contributed by atoms with Gasteiger partial charge in [-0.2, -0.15) is 0 Å². The van der Waals surface area contributed by atoms with E-state index in [0.717, 1.165) is 63.6 Å². The molecule has 1 N–H and O–H groups in total. The van der Waals surface area contributed by atoms with Gasteiger partial charge in [0.2, 0.25) is 5.91 Å². The van der Waals surface area contributed by atoms with Crippen LogP contribution in [0.2, 0.25) is 5.02 Å². The molecule has 31 heavy (non-hydrogen) atoms. The number of benzene rings is 1. The fraction of sp³-hybridized carbons (Fsp3) is 0.500. The molecule has 1 amide bonds. The summed E-state index contributed by atoms with van der Waals surface area (Å²) < 4.78 is 13.2. The molecule has 0 aliphatic carbocycles. The zero-order chi connectivity index (χ0) is 21.8. The summed E-state index contributed by atoms with van der Waals surface area (Å²) in [5.41, 5.74) is 1.76. The van der Waals surface area contributed by atoms with Crippen LogP contribution in [0, 0.1) is 11.7 Å². The monoisotopic (exact) mass is 446 g/mol. The lowest BCUT2D eigenvalue weighted by molar-refractivity contribution is -0.125. The Morgan fingerprint density at radius 3 is 2.61 bits per heavy atom. The van der Waals surface area contributed by atoms with E-state index in [0.29, 0.717) is 17.1 Å². The number of piperazine rings is 1. The van der Waals surface area contributed by atoms with Crippen LogP contribution in [0.5, 0.6) is 0 Å². The topological polar surface area (TPSA) is 64.6 Å². The predicted molar refractivity (Wildman–Crippen MR) is 120 cm³/mol. The third kappa shape index (κ3) is 5.25. The number of amides is 1. The first-order chi connectivity index (χ1) is 15.0. The number of anilines is 2. The Bertz CT molecular complexity index is 913. The van der Waals surface area contributed by atoms with Gasteiger partial charge in [0.15, 0.2) is 5.82 Å². The third-order valence-corrected chi connectivity index (χ3v) is 6.50. The Hall–Kier alpha value is -2.45. The molecule has 166 valence electrons. The molecule has 2 aliphatic heterocycles. The number of nitrogens with zero attached hydrogens (tertiary/aromatic N) is 5. The normalized spacial score (nSPS) is 18.3. The van der Waals surface area contributed by atoms with Crippen LogP contribution in [0.3, 0.4) is 0 Å². The Balaban J connectivity index is 1.33. The molecule has 0 saturated carbocycles. The molecule has 3 heterocycles. The molecule has 4 rings (SSSR count). The quantitative estimate of drug-likeness (QED) is 0.761. The lowest BCUT2D eigenvalue weighted by Gasteiger charge is -2.38. The summed E-state index contributed by atoms with van der Waals surface area (Å²) in [6.45, 7) is 5.80. The van der Waals surface area contributed by atoms with Crippen molar-refractivity contribution in [2.24, 2.45) is 5.92 Å². The average Bonchev–Trinajstić information content (AvgIpc) is 2.79. The van der Waals surface area contributed by atoms with Crippen LogP contribution >= 0.6 is 11.6 Å². The predicted octanol–water partition coefficient (Wildman–Crippen LogP) is 2.55. The molecular weight excluding hydrogens is 419 g/mol. The van der Waals surface area contributed by atoms with E-state index in [1.807, 2.05) is 6.20 Å². The molecule has 0 unspecified atom stereocenters. The van der Waals surface area contributed by atoms with E-state index in [2.05, 4.69) is 37.0 Å². The fourth-order valence-electron chi connectivity index (χ4n) is 4.18. The lowest BCUT2D eigenvalue weighted by atomic mass is 9.95. The van der Waals surface area contributed by atoms with Crippen molar-refractivity contribution in [3.8, 4) is 0 Å². The minimum Gasteiger partial charge on any atom is -0.367 e. The van der Waals surface area contributed by atoms with Crippen molar-refractivity contribution >= 4 is 29.0 Å². The minimum absolute atomic E-state index is 0.0173. The van der Waals surface area contributed by atoms with Crippen molar-refractivity contribution in [1.82, 2.24) is 20.2 Å². The van der Waals surface area contributed by atoms with E-state index in [1.54, 1.807) is 12.4 Å². The molecule has 2 aromatic rings. The van der Waals surface area contributed by atoms with E-state index < -0.39 is 0 Å². The number of piperidine rings is 1. The van der Waals surface area contributed by atoms with E-state index in [-0.39, 0.29) is 17.6 Å². The van der Waals surface area contributed by atoms with Gasteiger partial charge in [-0.05, 0) is 37.6 Å². The van der Waals surface area contributed by atoms with Gasteiger partial charge in [0, 0.05) is 56.8 Å². The Kier molecular flexibility index (Phi) is 6.87. The second kappa shape index (κ2) is 9.78. The number of rotatable bonds is 5. The van der Waals surface area contributed by atoms with E-state index >= 15 is 0 Å². The maximum Gasteiger partial charge on any atom is 0.223 e. The Morgan fingerprint density at radius 2 is 1.90 bits per heavy atom.